The van der Waals surface area contributed by atoms with Crippen LogP contribution in [0.3, 0.4) is 0 Å². The molecule has 0 radical (unpaired) electrons. The standard InChI is InChI=1S/C18H22N2O2/c1-14(15-8-4-3-5-9-15)20-18(21)13-19-12-16-10-6-7-11-17(16)22-2/h3-11,14,19H,12-13H2,1-2H3,(H,20,21). The third-order valence-corrected chi connectivity index (χ3v) is 3.47. The van der Waals surface area contributed by atoms with Gasteiger partial charge in [0.15, 0.2) is 0 Å². The molecule has 2 rings (SSSR count). The number of para-hydroxylation sites is 1. The van der Waals surface area contributed by atoms with Gasteiger partial charge in [0.2, 0.25) is 5.91 Å². The predicted octanol–water partition coefficient (Wildman–Crippen LogP) is 2.66. The van der Waals surface area contributed by atoms with Crippen LogP contribution in [-0.4, -0.2) is 19.6 Å². The van der Waals surface area contributed by atoms with Crippen LogP contribution in [0.5, 0.6) is 5.75 Å². The van der Waals surface area contributed by atoms with E-state index in [9.17, 15) is 4.79 Å². The number of amides is 1. The van der Waals surface area contributed by atoms with Crippen molar-refractivity contribution in [3.8, 4) is 5.75 Å². The zero-order chi connectivity index (χ0) is 15.8. The molecular formula is C18H22N2O2. The van der Waals surface area contributed by atoms with E-state index in [1.54, 1.807) is 7.11 Å². The smallest absolute Gasteiger partial charge is 0.234 e. The number of methoxy groups -OCH3 is 1. The van der Waals surface area contributed by atoms with Gasteiger partial charge in [-0.15, -0.1) is 0 Å². The third-order valence-electron chi connectivity index (χ3n) is 3.47. The molecule has 22 heavy (non-hydrogen) atoms. The molecule has 0 saturated carbocycles. The first-order chi connectivity index (χ1) is 10.7. The molecular weight excluding hydrogens is 276 g/mol. The normalized spacial score (nSPS) is 11.7. The van der Waals surface area contributed by atoms with Crippen molar-refractivity contribution in [2.24, 2.45) is 0 Å². The summed E-state index contributed by atoms with van der Waals surface area (Å²) in [6, 6.07) is 17.7. The molecule has 2 aromatic rings. The fraction of sp³-hybridized carbons (Fsp3) is 0.278. The molecule has 4 nitrogen and oxygen atoms in total. The molecule has 0 heterocycles. The summed E-state index contributed by atoms with van der Waals surface area (Å²) in [5, 5.41) is 6.12. The molecule has 0 bridgehead atoms. The highest BCUT2D eigenvalue weighted by atomic mass is 16.5. The fourth-order valence-corrected chi connectivity index (χ4v) is 2.28. The van der Waals surface area contributed by atoms with Crippen molar-refractivity contribution in [1.82, 2.24) is 10.6 Å². The van der Waals surface area contributed by atoms with Gasteiger partial charge >= 0.3 is 0 Å². The van der Waals surface area contributed by atoms with E-state index in [4.69, 9.17) is 4.74 Å². The van der Waals surface area contributed by atoms with Gasteiger partial charge in [0.25, 0.3) is 0 Å². The molecule has 0 spiro atoms. The monoisotopic (exact) mass is 298 g/mol. The van der Waals surface area contributed by atoms with Crippen molar-refractivity contribution in [3.05, 3.63) is 65.7 Å². The van der Waals surface area contributed by atoms with Crippen molar-refractivity contribution in [2.75, 3.05) is 13.7 Å². The zero-order valence-corrected chi connectivity index (χ0v) is 13.0. The number of carbonyl (C=O) groups is 1. The summed E-state index contributed by atoms with van der Waals surface area (Å²) in [5.41, 5.74) is 2.13. The van der Waals surface area contributed by atoms with E-state index in [-0.39, 0.29) is 18.5 Å². The van der Waals surface area contributed by atoms with Gasteiger partial charge in [0, 0.05) is 12.1 Å². The maximum absolute atomic E-state index is 12.0. The van der Waals surface area contributed by atoms with Gasteiger partial charge in [-0.1, -0.05) is 48.5 Å². The van der Waals surface area contributed by atoms with Gasteiger partial charge in [-0.3, -0.25) is 4.79 Å². The van der Waals surface area contributed by atoms with Crippen molar-refractivity contribution in [3.63, 3.8) is 0 Å². The minimum atomic E-state index is -0.0220. The van der Waals surface area contributed by atoms with Crippen LogP contribution in [0.1, 0.15) is 24.1 Å². The van der Waals surface area contributed by atoms with Crippen LogP contribution in [0.2, 0.25) is 0 Å². The first-order valence-corrected chi connectivity index (χ1v) is 7.37. The second-order valence-electron chi connectivity index (χ2n) is 5.12. The molecule has 1 atom stereocenters. The van der Waals surface area contributed by atoms with Crippen LogP contribution in [0, 0.1) is 0 Å². The van der Waals surface area contributed by atoms with E-state index in [2.05, 4.69) is 10.6 Å². The molecule has 1 unspecified atom stereocenters. The van der Waals surface area contributed by atoms with E-state index in [1.807, 2.05) is 61.5 Å². The maximum atomic E-state index is 12.0. The van der Waals surface area contributed by atoms with Gasteiger partial charge in [-0.2, -0.15) is 0 Å². The van der Waals surface area contributed by atoms with E-state index >= 15 is 0 Å². The van der Waals surface area contributed by atoms with Gasteiger partial charge in [-0.25, -0.2) is 0 Å². The summed E-state index contributed by atoms with van der Waals surface area (Å²) in [6.07, 6.45) is 0. The number of hydrogen-bond donors (Lipinski definition) is 2. The van der Waals surface area contributed by atoms with Crippen LogP contribution in [0.25, 0.3) is 0 Å². The number of benzene rings is 2. The average Bonchev–Trinajstić information content (AvgIpc) is 2.56. The minimum absolute atomic E-state index is 0.00163. The Kier molecular flexibility index (Phi) is 5.98. The largest absolute Gasteiger partial charge is 0.496 e. The van der Waals surface area contributed by atoms with E-state index in [1.165, 1.54) is 0 Å². The first-order valence-electron chi connectivity index (χ1n) is 7.37. The Balaban J connectivity index is 1.78. The molecule has 1 amide bonds. The average molecular weight is 298 g/mol. The molecule has 0 aromatic heterocycles. The van der Waals surface area contributed by atoms with E-state index in [0.717, 1.165) is 16.9 Å². The lowest BCUT2D eigenvalue weighted by molar-refractivity contribution is -0.120. The number of carbonyl (C=O) groups excluding carboxylic acids is 1. The van der Waals surface area contributed by atoms with Crippen LogP contribution >= 0.6 is 0 Å². The number of nitrogens with one attached hydrogen (secondary N) is 2. The highest BCUT2D eigenvalue weighted by Gasteiger charge is 2.09. The molecule has 0 saturated heterocycles. The Hall–Kier alpha value is -2.33. The minimum Gasteiger partial charge on any atom is -0.496 e. The lowest BCUT2D eigenvalue weighted by Gasteiger charge is -2.15. The number of ether oxygens (including phenoxy) is 1. The second kappa shape index (κ2) is 8.20. The van der Waals surface area contributed by atoms with Crippen molar-refractivity contribution in [2.45, 2.75) is 19.5 Å². The lowest BCUT2D eigenvalue weighted by Crippen LogP contribution is -2.35. The quantitative estimate of drug-likeness (QED) is 0.826. The summed E-state index contributed by atoms with van der Waals surface area (Å²) < 4.78 is 5.28. The topological polar surface area (TPSA) is 50.4 Å². The first kappa shape index (κ1) is 16.0. The van der Waals surface area contributed by atoms with Gasteiger partial charge in [-0.05, 0) is 18.6 Å². The summed E-state index contributed by atoms with van der Waals surface area (Å²) in [6.45, 7) is 2.85. The highest BCUT2D eigenvalue weighted by Crippen LogP contribution is 2.16. The molecule has 2 N–H and O–H groups in total. The van der Waals surface area contributed by atoms with Crippen LogP contribution in [0.15, 0.2) is 54.6 Å². The fourth-order valence-electron chi connectivity index (χ4n) is 2.28. The van der Waals surface area contributed by atoms with Gasteiger partial charge in [0.05, 0.1) is 19.7 Å². The number of rotatable bonds is 7. The zero-order valence-electron chi connectivity index (χ0n) is 13.0. The summed E-state index contributed by atoms with van der Waals surface area (Å²) in [4.78, 5) is 12.0. The summed E-state index contributed by atoms with van der Waals surface area (Å²) >= 11 is 0. The van der Waals surface area contributed by atoms with Crippen molar-refractivity contribution >= 4 is 5.91 Å². The molecule has 0 aliphatic rings. The van der Waals surface area contributed by atoms with Crippen LogP contribution in [0.4, 0.5) is 0 Å². The third kappa shape index (κ3) is 4.60. The lowest BCUT2D eigenvalue weighted by atomic mass is 10.1. The maximum Gasteiger partial charge on any atom is 0.234 e. The van der Waals surface area contributed by atoms with Crippen LogP contribution < -0.4 is 15.4 Å². The van der Waals surface area contributed by atoms with Crippen molar-refractivity contribution in [1.29, 1.82) is 0 Å². The molecule has 116 valence electrons. The van der Waals surface area contributed by atoms with Gasteiger partial charge in [0.1, 0.15) is 5.75 Å². The SMILES string of the molecule is COc1ccccc1CNCC(=O)NC(C)c1ccccc1. The Morgan fingerprint density at radius 1 is 1.09 bits per heavy atom. The molecule has 0 aliphatic heterocycles. The van der Waals surface area contributed by atoms with Crippen LogP contribution in [-0.2, 0) is 11.3 Å². The molecule has 0 fully saturated rings. The Bertz CT molecular complexity index is 599. The summed E-state index contributed by atoms with van der Waals surface area (Å²) in [7, 11) is 1.65. The van der Waals surface area contributed by atoms with Gasteiger partial charge < -0.3 is 15.4 Å². The Labute approximate surface area is 131 Å². The highest BCUT2D eigenvalue weighted by molar-refractivity contribution is 5.78. The Morgan fingerprint density at radius 2 is 1.77 bits per heavy atom. The molecule has 2 aromatic carbocycles. The second-order valence-corrected chi connectivity index (χ2v) is 5.12. The van der Waals surface area contributed by atoms with Crippen molar-refractivity contribution < 1.29 is 9.53 Å². The predicted molar refractivity (Wildman–Crippen MR) is 87.7 cm³/mol. The van der Waals surface area contributed by atoms with E-state index in [0.29, 0.717) is 6.54 Å². The molecule has 0 aliphatic carbocycles. The Morgan fingerprint density at radius 3 is 2.50 bits per heavy atom. The summed E-state index contributed by atoms with van der Waals surface area (Å²) in [5.74, 6) is 0.805. The van der Waals surface area contributed by atoms with E-state index < -0.39 is 0 Å². The molecule has 4 heteroatoms. The number of hydrogen-bond acceptors (Lipinski definition) is 3.